The first-order chi connectivity index (χ1) is 8.56. The fourth-order valence-electron chi connectivity index (χ4n) is 1.50. The van der Waals surface area contributed by atoms with Gasteiger partial charge in [0.25, 0.3) is 5.91 Å². The Kier molecular flexibility index (Phi) is 3.27. The van der Waals surface area contributed by atoms with Crippen molar-refractivity contribution in [2.75, 3.05) is 5.73 Å². The van der Waals surface area contributed by atoms with Gasteiger partial charge in [-0.3, -0.25) is 4.79 Å². The van der Waals surface area contributed by atoms with Gasteiger partial charge in [-0.25, -0.2) is 4.39 Å². The lowest BCUT2D eigenvalue weighted by Gasteiger charge is -2.05. The minimum Gasteiger partial charge on any atom is -0.398 e. The van der Waals surface area contributed by atoms with E-state index in [-0.39, 0.29) is 23.7 Å². The van der Waals surface area contributed by atoms with E-state index in [1.54, 1.807) is 13.0 Å². The molecular weight excluding hydrogens is 237 g/mol. The van der Waals surface area contributed by atoms with E-state index in [2.05, 4.69) is 10.5 Å². The van der Waals surface area contributed by atoms with Gasteiger partial charge in [0.15, 0.2) is 5.76 Å². The quantitative estimate of drug-likeness (QED) is 0.810. The number of anilines is 1. The molecule has 18 heavy (non-hydrogen) atoms. The molecule has 94 valence electrons. The second-order valence-corrected chi connectivity index (χ2v) is 3.85. The number of hydrogen-bond donors (Lipinski definition) is 2. The zero-order valence-electron chi connectivity index (χ0n) is 9.74. The van der Waals surface area contributed by atoms with Crippen LogP contribution in [0.25, 0.3) is 0 Å². The van der Waals surface area contributed by atoms with Crippen molar-refractivity contribution in [3.05, 3.63) is 47.1 Å². The van der Waals surface area contributed by atoms with Crippen molar-refractivity contribution in [2.24, 2.45) is 0 Å². The summed E-state index contributed by atoms with van der Waals surface area (Å²) >= 11 is 0. The van der Waals surface area contributed by atoms with Crippen LogP contribution in [0.3, 0.4) is 0 Å². The van der Waals surface area contributed by atoms with E-state index in [4.69, 9.17) is 10.3 Å². The number of rotatable bonds is 3. The average molecular weight is 249 g/mol. The molecule has 0 atom stereocenters. The molecule has 1 amide bonds. The Morgan fingerprint density at radius 1 is 1.50 bits per heavy atom. The molecule has 3 N–H and O–H groups in total. The first-order valence-corrected chi connectivity index (χ1v) is 5.31. The summed E-state index contributed by atoms with van der Waals surface area (Å²) in [7, 11) is 0. The second-order valence-electron chi connectivity index (χ2n) is 3.85. The highest BCUT2D eigenvalue weighted by atomic mass is 19.1. The molecule has 0 unspecified atom stereocenters. The van der Waals surface area contributed by atoms with Gasteiger partial charge in [-0.2, -0.15) is 0 Å². The normalized spacial score (nSPS) is 10.3. The van der Waals surface area contributed by atoms with Crippen LogP contribution >= 0.6 is 0 Å². The summed E-state index contributed by atoms with van der Waals surface area (Å²) in [6.07, 6.45) is 0. The summed E-state index contributed by atoms with van der Waals surface area (Å²) in [5.74, 6) is -0.321. The van der Waals surface area contributed by atoms with Crippen molar-refractivity contribution >= 4 is 11.6 Å². The highest BCUT2D eigenvalue weighted by Crippen LogP contribution is 2.13. The van der Waals surface area contributed by atoms with Gasteiger partial charge < -0.3 is 15.6 Å². The van der Waals surface area contributed by atoms with Crippen molar-refractivity contribution in [3.8, 4) is 0 Å². The molecule has 0 spiro atoms. The van der Waals surface area contributed by atoms with E-state index in [9.17, 15) is 9.18 Å². The molecule has 1 aromatic heterocycles. The molecule has 0 fully saturated rings. The number of carbonyl (C=O) groups is 1. The van der Waals surface area contributed by atoms with Crippen LogP contribution in [0, 0.1) is 12.7 Å². The van der Waals surface area contributed by atoms with Gasteiger partial charge in [-0.1, -0.05) is 5.16 Å². The standard InChI is InChI=1S/C12H12FN3O2/c1-7-4-9(18-16-7)6-15-12(17)10-3-2-8(13)5-11(10)14/h2-5H,6,14H2,1H3,(H,15,17). The molecule has 0 aliphatic carbocycles. The lowest BCUT2D eigenvalue weighted by molar-refractivity contribution is 0.0948. The smallest absolute Gasteiger partial charge is 0.253 e. The van der Waals surface area contributed by atoms with E-state index in [0.717, 1.165) is 11.8 Å². The molecule has 0 aliphatic rings. The lowest BCUT2D eigenvalue weighted by Crippen LogP contribution is -2.23. The van der Waals surface area contributed by atoms with E-state index in [1.165, 1.54) is 12.1 Å². The summed E-state index contributed by atoms with van der Waals surface area (Å²) in [5.41, 5.74) is 6.62. The molecule has 5 nitrogen and oxygen atoms in total. The molecule has 2 rings (SSSR count). The van der Waals surface area contributed by atoms with Crippen LogP contribution in [0.2, 0.25) is 0 Å². The molecular formula is C12H12FN3O2. The number of nitrogens with two attached hydrogens (primary N) is 1. The molecule has 6 heteroatoms. The van der Waals surface area contributed by atoms with Gasteiger partial charge in [-0.05, 0) is 25.1 Å². The number of nitrogens with zero attached hydrogens (tertiary/aromatic N) is 1. The Hall–Kier alpha value is -2.37. The second kappa shape index (κ2) is 4.87. The third kappa shape index (κ3) is 2.65. The first kappa shape index (κ1) is 12.1. The van der Waals surface area contributed by atoms with Crippen LogP contribution in [0.1, 0.15) is 21.8 Å². The Labute approximate surface area is 103 Å². The summed E-state index contributed by atoms with van der Waals surface area (Å²) in [6, 6.07) is 5.34. The molecule has 0 radical (unpaired) electrons. The van der Waals surface area contributed by atoms with Gasteiger partial charge >= 0.3 is 0 Å². The number of benzene rings is 1. The van der Waals surface area contributed by atoms with Crippen LogP contribution in [-0.2, 0) is 6.54 Å². The number of amides is 1. The number of aromatic nitrogens is 1. The molecule has 0 bridgehead atoms. The van der Waals surface area contributed by atoms with E-state index in [0.29, 0.717) is 5.76 Å². The van der Waals surface area contributed by atoms with E-state index >= 15 is 0 Å². The summed E-state index contributed by atoms with van der Waals surface area (Å²) in [4.78, 5) is 11.8. The Morgan fingerprint density at radius 3 is 2.89 bits per heavy atom. The minimum atomic E-state index is -0.477. The Balaban J connectivity index is 2.03. The highest BCUT2D eigenvalue weighted by Gasteiger charge is 2.11. The van der Waals surface area contributed by atoms with E-state index < -0.39 is 5.82 Å². The molecule has 0 saturated carbocycles. The van der Waals surface area contributed by atoms with Crippen LogP contribution in [0.15, 0.2) is 28.8 Å². The fourth-order valence-corrected chi connectivity index (χ4v) is 1.50. The molecule has 2 aromatic rings. The van der Waals surface area contributed by atoms with Crippen molar-refractivity contribution in [3.63, 3.8) is 0 Å². The van der Waals surface area contributed by atoms with Gasteiger partial charge in [0, 0.05) is 11.8 Å². The van der Waals surface area contributed by atoms with Crippen molar-refractivity contribution in [2.45, 2.75) is 13.5 Å². The minimum absolute atomic E-state index is 0.0984. The largest absolute Gasteiger partial charge is 0.398 e. The monoisotopic (exact) mass is 249 g/mol. The number of halogens is 1. The summed E-state index contributed by atoms with van der Waals surface area (Å²) < 4.78 is 17.8. The summed E-state index contributed by atoms with van der Waals surface area (Å²) in [5, 5.41) is 6.31. The first-order valence-electron chi connectivity index (χ1n) is 5.31. The highest BCUT2D eigenvalue weighted by molar-refractivity contribution is 5.98. The molecule has 1 heterocycles. The Morgan fingerprint density at radius 2 is 2.28 bits per heavy atom. The lowest BCUT2D eigenvalue weighted by atomic mass is 10.1. The zero-order valence-corrected chi connectivity index (χ0v) is 9.74. The van der Waals surface area contributed by atoms with Crippen molar-refractivity contribution in [1.82, 2.24) is 10.5 Å². The van der Waals surface area contributed by atoms with Gasteiger partial charge in [0.1, 0.15) is 5.82 Å². The van der Waals surface area contributed by atoms with Gasteiger partial charge in [0.2, 0.25) is 0 Å². The van der Waals surface area contributed by atoms with E-state index in [1.807, 2.05) is 0 Å². The topological polar surface area (TPSA) is 81.2 Å². The number of carbonyl (C=O) groups excluding carboxylic acids is 1. The number of nitrogens with one attached hydrogen (secondary N) is 1. The van der Waals surface area contributed by atoms with Gasteiger partial charge in [0.05, 0.1) is 17.8 Å². The third-order valence-electron chi connectivity index (χ3n) is 2.36. The molecule has 1 aromatic carbocycles. The van der Waals surface area contributed by atoms with Crippen molar-refractivity contribution in [1.29, 1.82) is 0 Å². The summed E-state index contributed by atoms with van der Waals surface area (Å²) in [6.45, 7) is 1.99. The number of aryl methyl sites for hydroxylation is 1. The fraction of sp³-hybridized carbons (Fsp3) is 0.167. The SMILES string of the molecule is Cc1cc(CNC(=O)c2ccc(F)cc2N)on1. The Bertz CT molecular complexity index is 580. The van der Waals surface area contributed by atoms with Crippen molar-refractivity contribution < 1.29 is 13.7 Å². The van der Waals surface area contributed by atoms with Crippen LogP contribution in [0.5, 0.6) is 0 Å². The van der Waals surface area contributed by atoms with Gasteiger partial charge in [-0.15, -0.1) is 0 Å². The van der Waals surface area contributed by atoms with Crippen LogP contribution < -0.4 is 11.1 Å². The molecule has 0 saturated heterocycles. The predicted molar refractivity (Wildman–Crippen MR) is 63.2 cm³/mol. The molecule has 0 aliphatic heterocycles. The van der Waals surface area contributed by atoms with Crippen LogP contribution in [0.4, 0.5) is 10.1 Å². The maximum atomic E-state index is 12.8. The zero-order chi connectivity index (χ0) is 13.1. The number of nitrogen functional groups attached to an aromatic ring is 1. The predicted octanol–water partition coefficient (Wildman–Crippen LogP) is 1.63. The van der Waals surface area contributed by atoms with Crippen LogP contribution in [-0.4, -0.2) is 11.1 Å². The average Bonchev–Trinajstić information content (AvgIpc) is 2.72. The maximum absolute atomic E-state index is 12.8. The maximum Gasteiger partial charge on any atom is 0.253 e. The third-order valence-corrected chi connectivity index (χ3v) is 2.36. The number of hydrogen-bond acceptors (Lipinski definition) is 4.